The van der Waals surface area contributed by atoms with Gasteiger partial charge in [-0.15, -0.1) is 0 Å². The lowest BCUT2D eigenvalue weighted by molar-refractivity contribution is -0.738. The molecule has 0 saturated carbocycles. The van der Waals surface area contributed by atoms with Crippen LogP contribution < -0.4 is 0 Å². The highest BCUT2D eigenvalue weighted by atomic mass is 16.4. The van der Waals surface area contributed by atoms with Crippen molar-refractivity contribution >= 4 is 11.9 Å². The Kier molecular flexibility index (Phi) is 4.17. The van der Waals surface area contributed by atoms with E-state index in [4.69, 9.17) is 5.11 Å². The van der Waals surface area contributed by atoms with Crippen molar-refractivity contribution in [2.75, 3.05) is 6.54 Å². The molecule has 17 heavy (non-hydrogen) atoms. The number of carbonyl (C=O) groups is 2. The Labute approximate surface area is 100 Å². The van der Waals surface area contributed by atoms with E-state index in [1.165, 1.54) is 6.08 Å². The molecule has 0 spiro atoms. The minimum Gasteiger partial charge on any atom is -0.478 e. The molecular weight excluding hydrogens is 218 g/mol. The van der Waals surface area contributed by atoms with E-state index in [2.05, 4.69) is 13.2 Å². The van der Waals surface area contributed by atoms with E-state index in [0.29, 0.717) is 13.0 Å². The number of carbonyl (C=O) groups excluding carboxylic acids is 1. The molecule has 2 unspecified atom stereocenters. The number of carboxylic acids is 1. The summed E-state index contributed by atoms with van der Waals surface area (Å²) >= 11 is 0. The fourth-order valence-corrected chi connectivity index (χ4v) is 1.88. The number of carboxylic acid groups (broad SMARTS) is 1. The zero-order valence-electron chi connectivity index (χ0n) is 9.58. The number of nitrogens with zero attached hydrogens (tertiary/aromatic N) is 1. The molecular formula is C13H16NO3+. The molecule has 0 aromatic carbocycles. The standard InChI is InChI=1S/C13H15NO3/c1-3-5-9-14(4-2)10-8-11(13(14)17)6-7-12(15)16/h3-7,9,11H,1-2,8,10H2/p+1. The van der Waals surface area contributed by atoms with Crippen LogP contribution >= 0.6 is 0 Å². The van der Waals surface area contributed by atoms with E-state index in [-0.39, 0.29) is 16.3 Å². The van der Waals surface area contributed by atoms with Crippen LogP contribution in [0.5, 0.6) is 0 Å². The zero-order valence-corrected chi connectivity index (χ0v) is 9.58. The van der Waals surface area contributed by atoms with Gasteiger partial charge in [0.15, 0.2) is 0 Å². The molecule has 1 heterocycles. The van der Waals surface area contributed by atoms with E-state index in [1.54, 1.807) is 24.6 Å². The Bertz CT molecular complexity index is 409. The quantitative estimate of drug-likeness (QED) is 0.448. The van der Waals surface area contributed by atoms with Crippen molar-refractivity contribution in [1.29, 1.82) is 0 Å². The zero-order chi connectivity index (χ0) is 12.9. The molecule has 1 aliphatic rings. The minimum absolute atomic E-state index is 0.0423. The average Bonchev–Trinajstić information content (AvgIpc) is 2.62. The van der Waals surface area contributed by atoms with Gasteiger partial charge in [-0.3, -0.25) is 0 Å². The monoisotopic (exact) mass is 234 g/mol. The third-order valence-electron chi connectivity index (χ3n) is 2.82. The highest BCUT2D eigenvalue weighted by molar-refractivity contribution is 5.83. The van der Waals surface area contributed by atoms with Crippen molar-refractivity contribution in [2.45, 2.75) is 6.42 Å². The first-order valence-electron chi connectivity index (χ1n) is 5.32. The van der Waals surface area contributed by atoms with Gasteiger partial charge >= 0.3 is 11.9 Å². The summed E-state index contributed by atoms with van der Waals surface area (Å²) in [5.74, 6) is -1.46. The topological polar surface area (TPSA) is 54.4 Å². The molecule has 1 saturated heterocycles. The predicted octanol–water partition coefficient (Wildman–Crippen LogP) is 1.83. The molecule has 1 aliphatic heterocycles. The summed E-state index contributed by atoms with van der Waals surface area (Å²) in [4.78, 5) is 22.6. The smallest absolute Gasteiger partial charge is 0.329 e. The third kappa shape index (κ3) is 2.79. The summed E-state index contributed by atoms with van der Waals surface area (Å²) in [6.45, 7) is 7.83. The fourth-order valence-electron chi connectivity index (χ4n) is 1.88. The predicted molar refractivity (Wildman–Crippen MR) is 64.6 cm³/mol. The lowest BCUT2D eigenvalue weighted by atomic mass is 10.1. The molecule has 0 aromatic heterocycles. The van der Waals surface area contributed by atoms with Crippen LogP contribution in [-0.4, -0.2) is 28.0 Å². The number of hydrogen-bond acceptors (Lipinski definition) is 2. The van der Waals surface area contributed by atoms with Crippen molar-refractivity contribution in [3.8, 4) is 0 Å². The van der Waals surface area contributed by atoms with Crippen LogP contribution in [-0.2, 0) is 9.59 Å². The molecule has 1 amide bonds. The van der Waals surface area contributed by atoms with Gasteiger partial charge in [0.05, 0.1) is 12.5 Å². The van der Waals surface area contributed by atoms with Crippen molar-refractivity contribution < 1.29 is 19.2 Å². The number of allylic oxidation sites excluding steroid dienone is 2. The summed E-state index contributed by atoms with van der Waals surface area (Å²) in [6, 6.07) is 0. The second kappa shape index (κ2) is 5.41. The second-order valence-corrected chi connectivity index (χ2v) is 3.84. The molecule has 1 rings (SSSR count). The summed E-state index contributed by atoms with van der Waals surface area (Å²) < 4.78 is 0.0423. The van der Waals surface area contributed by atoms with E-state index in [0.717, 1.165) is 6.08 Å². The molecule has 4 heteroatoms. The third-order valence-corrected chi connectivity index (χ3v) is 2.82. The lowest BCUT2D eigenvalue weighted by Gasteiger charge is -2.21. The van der Waals surface area contributed by atoms with Crippen LogP contribution in [0.15, 0.2) is 49.9 Å². The SMILES string of the molecule is C=CC=C[N+]1(C=C)CCC(C=CC(=O)O)C1=O. The Morgan fingerprint density at radius 1 is 1.47 bits per heavy atom. The van der Waals surface area contributed by atoms with Gasteiger partial charge in [-0.1, -0.05) is 18.7 Å². The van der Waals surface area contributed by atoms with Crippen LogP contribution in [0.4, 0.5) is 0 Å². The van der Waals surface area contributed by atoms with E-state index >= 15 is 0 Å². The molecule has 0 aliphatic carbocycles. The van der Waals surface area contributed by atoms with Gasteiger partial charge in [-0.2, -0.15) is 0 Å². The number of rotatable bonds is 5. The summed E-state index contributed by atoms with van der Waals surface area (Å²) in [5.41, 5.74) is 0. The molecule has 0 radical (unpaired) electrons. The maximum Gasteiger partial charge on any atom is 0.329 e. The lowest BCUT2D eigenvalue weighted by Crippen LogP contribution is -2.39. The molecule has 1 N–H and O–H groups in total. The number of likely N-dealkylation sites (tertiary alicyclic amines) is 1. The van der Waals surface area contributed by atoms with Crippen molar-refractivity contribution in [3.05, 3.63) is 49.9 Å². The highest BCUT2D eigenvalue weighted by Crippen LogP contribution is 2.28. The Morgan fingerprint density at radius 3 is 2.71 bits per heavy atom. The van der Waals surface area contributed by atoms with E-state index in [9.17, 15) is 9.59 Å². The summed E-state index contributed by atoms with van der Waals surface area (Å²) in [5, 5.41) is 8.54. The van der Waals surface area contributed by atoms with Gasteiger partial charge in [-0.05, 0) is 12.7 Å². The number of amides is 1. The van der Waals surface area contributed by atoms with Gasteiger partial charge in [0.2, 0.25) is 0 Å². The van der Waals surface area contributed by atoms with Crippen LogP contribution in [0.3, 0.4) is 0 Å². The number of aliphatic carboxylic acids is 1. The van der Waals surface area contributed by atoms with Crippen molar-refractivity contribution in [2.24, 2.45) is 5.92 Å². The van der Waals surface area contributed by atoms with Gasteiger partial charge in [0.25, 0.3) is 0 Å². The molecule has 1 fully saturated rings. The average molecular weight is 234 g/mol. The summed E-state index contributed by atoms with van der Waals surface area (Å²) in [7, 11) is 0. The Balaban J connectivity index is 2.90. The molecule has 90 valence electrons. The molecule has 2 atom stereocenters. The van der Waals surface area contributed by atoms with Gasteiger partial charge in [-0.25, -0.2) is 14.1 Å². The molecule has 0 bridgehead atoms. The minimum atomic E-state index is -1.04. The maximum atomic E-state index is 12.1. The van der Waals surface area contributed by atoms with Gasteiger partial charge < -0.3 is 5.11 Å². The Morgan fingerprint density at radius 2 is 2.18 bits per heavy atom. The highest BCUT2D eigenvalue weighted by Gasteiger charge is 2.44. The molecule has 0 aromatic rings. The van der Waals surface area contributed by atoms with Crippen LogP contribution in [0.25, 0.3) is 0 Å². The normalized spacial score (nSPS) is 28.9. The first-order valence-corrected chi connectivity index (χ1v) is 5.32. The molecule has 4 nitrogen and oxygen atoms in total. The van der Waals surface area contributed by atoms with E-state index < -0.39 is 5.97 Å². The first-order chi connectivity index (χ1) is 8.05. The largest absolute Gasteiger partial charge is 0.478 e. The van der Waals surface area contributed by atoms with Crippen LogP contribution in [0, 0.1) is 5.92 Å². The van der Waals surface area contributed by atoms with Crippen molar-refractivity contribution in [1.82, 2.24) is 0 Å². The first kappa shape index (κ1) is 13.1. The van der Waals surface area contributed by atoms with Gasteiger partial charge in [0.1, 0.15) is 12.4 Å². The van der Waals surface area contributed by atoms with Crippen LogP contribution in [0.2, 0.25) is 0 Å². The van der Waals surface area contributed by atoms with Crippen LogP contribution in [0.1, 0.15) is 6.42 Å². The van der Waals surface area contributed by atoms with Gasteiger partial charge in [0, 0.05) is 12.5 Å². The second-order valence-electron chi connectivity index (χ2n) is 3.84. The Hall–Kier alpha value is -1.94. The fraction of sp³-hybridized carbons (Fsp3) is 0.231. The van der Waals surface area contributed by atoms with E-state index in [1.807, 2.05) is 0 Å². The number of quaternary nitrogens is 1. The maximum absolute atomic E-state index is 12.1. The number of hydrogen-bond donors (Lipinski definition) is 1. The summed E-state index contributed by atoms with van der Waals surface area (Å²) in [6.07, 6.45) is 9.66. The van der Waals surface area contributed by atoms with Crippen molar-refractivity contribution in [3.63, 3.8) is 0 Å².